The molecular formula is C30H40O8. The molecule has 8 nitrogen and oxygen atoms in total. The number of aliphatic hydroxyl groups excluding tert-OH is 1. The quantitative estimate of drug-likeness (QED) is 0.533. The van der Waals surface area contributed by atoms with Gasteiger partial charge in [0.25, 0.3) is 0 Å². The molecule has 0 heterocycles. The molecule has 0 bridgehead atoms. The van der Waals surface area contributed by atoms with Crippen molar-refractivity contribution in [3.8, 4) is 0 Å². The zero-order chi connectivity index (χ0) is 28.7. The lowest BCUT2D eigenvalue weighted by Crippen LogP contribution is -2.64. The molecule has 0 saturated heterocycles. The summed E-state index contributed by atoms with van der Waals surface area (Å²) in [5, 5.41) is 20.9. The predicted molar refractivity (Wildman–Crippen MR) is 137 cm³/mol. The van der Waals surface area contributed by atoms with Crippen molar-refractivity contribution in [2.24, 2.45) is 45.3 Å². The number of allylic oxidation sites excluding steroid dienone is 1. The smallest absolute Gasteiger partial charge is 0.306 e. The second-order valence-corrected chi connectivity index (χ2v) is 13.6. The maximum Gasteiger partial charge on any atom is 0.306 e. The van der Waals surface area contributed by atoms with Crippen LogP contribution >= 0.6 is 0 Å². The van der Waals surface area contributed by atoms with Crippen LogP contribution in [0.1, 0.15) is 87.0 Å². The molecular weight excluding hydrogens is 488 g/mol. The number of fused-ring (bicyclic) bond motifs is 4. The predicted octanol–water partition coefficient (Wildman–Crippen LogP) is 3.52. The Morgan fingerprint density at radius 1 is 0.921 bits per heavy atom. The van der Waals surface area contributed by atoms with Crippen molar-refractivity contribution in [2.45, 2.75) is 93.1 Å². The van der Waals surface area contributed by atoms with Crippen molar-refractivity contribution in [3.63, 3.8) is 0 Å². The summed E-state index contributed by atoms with van der Waals surface area (Å²) in [6, 6.07) is 0. The molecule has 0 aromatic rings. The number of carboxylic acids is 1. The first kappa shape index (κ1) is 28.5. The highest BCUT2D eigenvalue weighted by Crippen LogP contribution is 2.69. The van der Waals surface area contributed by atoms with Crippen LogP contribution < -0.4 is 0 Å². The second-order valence-electron chi connectivity index (χ2n) is 13.6. The molecule has 8 heteroatoms. The molecule has 0 amide bonds. The molecule has 0 unspecified atom stereocenters. The van der Waals surface area contributed by atoms with Gasteiger partial charge >= 0.3 is 5.97 Å². The highest BCUT2D eigenvalue weighted by atomic mass is 16.4. The molecule has 4 aliphatic carbocycles. The van der Waals surface area contributed by atoms with E-state index in [4.69, 9.17) is 5.11 Å². The van der Waals surface area contributed by atoms with E-state index in [2.05, 4.69) is 0 Å². The van der Waals surface area contributed by atoms with Crippen LogP contribution in [-0.4, -0.2) is 51.2 Å². The minimum atomic E-state index is -1.55. The van der Waals surface area contributed by atoms with Crippen LogP contribution in [0.2, 0.25) is 0 Å². The van der Waals surface area contributed by atoms with E-state index in [-0.39, 0.29) is 66.4 Å². The molecule has 8 atom stereocenters. The van der Waals surface area contributed by atoms with Crippen molar-refractivity contribution in [1.82, 2.24) is 0 Å². The first-order chi connectivity index (χ1) is 17.4. The molecule has 2 saturated carbocycles. The fraction of sp³-hybridized carbons (Fsp3) is 0.733. The molecule has 38 heavy (non-hydrogen) atoms. The SMILES string of the molecule is C[C@H](CC(=O)C[C@@H](C)[C@H]1CC(=O)[C@@]2(C)C3=C(C(=O)[C@@H](O)[C@]12C)[C@@]1(C)CCC(=O)C(C)(C)[C@@H]1CC3=O)C(=O)O. The normalized spacial score (nSPS) is 39.8. The molecule has 2 fully saturated rings. The number of carbonyl (C=O) groups excluding carboxylic acids is 5. The number of carboxylic acid groups (broad SMARTS) is 1. The monoisotopic (exact) mass is 528 g/mol. The van der Waals surface area contributed by atoms with Crippen LogP contribution in [0.3, 0.4) is 0 Å². The van der Waals surface area contributed by atoms with E-state index in [0.717, 1.165) is 0 Å². The van der Waals surface area contributed by atoms with Gasteiger partial charge < -0.3 is 10.2 Å². The topological polar surface area (TPSA) is 143 Å². The van der Waals surface area contributed by atoms with Crippen LogP contribution in [0.25, 0.3) is 0 Å². The maximum atomic E-state index is 14.1. The number of aliphatic carboxylic acids is 1. The Labute approximate surface area is 223 Å². The third-order valence-corrected chi connectivity index (χ3v) is 11.3. The average molecular weight is 529 g/mol. The van der Waals surface area contributed by atoms with Crippen molar-refractivity contribution >= 4 is 34.9 Å². The minimum absolute atomic E-state index is 0.00839. The van der Waals surface area contributed by atoms with Crippen molar-refractivity contribution in [2.75, 3.05) is 0 Å². The average Bonchev–Trinajstić information content (AvgIpc) is 3.03. The van der Waals surface area contributed by atoms with Crippen molar-refractivity contribution in [3.05, 3.63) is 11.1 Å². The molecule has 0 aromatic carbocycles. The Morgan fingerprint density at radius 3 is 2.11 bits per heavy atom. The third-order valence-electron chi connectivity index (χ3n) is 11.3. The van der Waals surface area contributed by atoms with E-state index in [9.17, 15) is 33.9 Å². The number of hydrogen-bond acceptors (Lipinski definition) is 7. The van der Waals surface area contributed by atoms with Crippen LogP contribution in [-0.2, 0) is 28.8 Å². The zero-order valence-corrected chi connectivity index (χ0v) is 23.5. The summed E-state index contributed by atoms with van der Waals surface area (Å²) in [7, 11) is 0. The largest absolute Gasteiger partial charge is 0.481 e. The Morgan fingerprint density at radius 2 is 1.53 bits per heavy atom. The van der Waals surface area contributed by atoms with Crippen LogP contribution in [0.15, 0.2) is 11.1 Å². The Bertz CT molecular complexity index is 1190. The highest BCUT2D eigenvalue weighted by molar-refractivity contribution is 6.18. The number of ketones is 5. The number of aliphatic hydroxyl groups is 1. The fourth-order valence-corrected chi connectivity index (χ4v) is 8.67. The van der Waals surface area contributed by atoms with Gasteiger partial charge in [0.15, 0.2) is 11.6 Å². The van der Waals surface area contributed by atoms with E-state index >= 15 is 0 Å². The van der Waals surface area contributed by atoms with Gasteiger partial charge in [-0.3, -0.25) is 28.8 Å². The van der Waals surface area contributed by atoms with E-state index in [1.54, 1.807) is 20.8 Å². The molecule has 208 valence electrons. The number of hydrogen-bond donors (Lipinski definition) is 2. The second kappa shape index (κ2) is 8.77. The van der Waals surface area contributed by atoms with E-state index in [1.807, 2.05) is 20.8 Å². The Kier molecular flexibility index (Phi) is 6.58. The van der Waals surface area contributed by atoms with E-state index < -0.39 is 63.2 Å². The van der Waals surface area contributed by atoms with Crippen LogP contribution in [0, 0.1) is 45.3 Å². The van der Waals surface area contributed by atoms with Gasteiger partial charge in [-0.15, -0.1) is 0 Å². The molecule has 4 aliphatic rings. The summed E-state index contributed by atoms with van der Waals surface area (Å²) in [5.74, 6) is -4.60. The summed E-state index contributed by atoms with van der Waals surface area (Å²) < 4.78 is 0. The van der Waals surface area contributed by atoms with Crippen molar-refractivity contribution in [1.29, 1.82) is 0 Å². The van der Waals surface area contributed by atoms with E-state index in [0.29, 0.717) is 6.42 Å². The first-order valence-corrected chi connectivity index (χ1v) is 13.7. The molecule has 0 radical (unpaired) electrons. The number of carbonyl (C=O) groups is 6. The van der Waals surface area contributed by atoms with Gasteiger partial charge in [-0.2, -0.15) is 0 Å². The van der Waals surface area contributed by atoms with Crippen molar-refractivity contribution < 1.29 is 39.0 Å². The van der Waals surface area contributed by atoms with Gasteiger partial charge in [-0.05, 0) is 31.1 Å². The Balaban J connectivity index is 1.81. The summed E-state index contributed by atoms with van der Waals surface area (Å²) in [4.78, 5) is 78.5. The van der Waals surface area contributed by atoms with Gasteiger partial charge in [-0.1, -0.05) is 41.5 Å². The molecule has 0 aliphatic heterocycles. The standard InChI is InChI=1S/C30H40O8/c1-14(10-16(31)11-15(2)26(37)38)17-12-21(34)30(7)22-18(32)13-19-27(3,4)20(33)8-9-28(19,5)23(22)24(35)25(36)29(17,30)6/h14-15,17,19,25,36H,8-13H2,1-7H3,(H,37,38)/t14-,15-,17-,19+,25-,28+,29+,30+/m1/s1. The van der Waals surface area contributed by atoms with Gasteiger partial charge in [0.1, 0.15) is 23.5 Å². The summed E-state index contributed by atoms with van der Waals surface area (Å²) in [5.41, 5.74) is -3.95. The first-order valence-electron chi connectivity index (χ1n) is 13.7. The van der Waals surface area contributed by atoms with Crippen LogP contribution in [0.4, 0.5) is 0 Å². The van der Waals surface area contributed by atoms with Gasteiger partial charge in [0, 0.05) is 59.5 Å². The maximum absolute atomic E-state index is 14.1. The number of Topliss-reactive ketones (excluding diaryl/α,β-unsaturated/α-hetero) is 5. The lowest BCUT2D eigenvalue weighted by Gasteiger charge is -2.59. The highest BCUT2D eigenvalue weighted by Gasteiger charge is 2.73. The molecule has 2 N–H and O–H groups in total. The lowest BCUT2D eigenvalue weighted by atomic mass is 9.42. The number of rotatable bonds is 6. The minimum Gasteiger partial charge on any atom is -0.481 e. The van der Waals surface area contributed by atoms with Gasteiger partial charge in [-0.25, -0.2) is 0 Å². The van der Waals surface area contributed by atoms with Gasteiger partial charge in [0.2, 0.25) is 0 Å². The van der Waals surface area contributed by atoms with Crippen LogP contribution in [0.5, 0.6) is 0 Å². The molecule has 4 rings (SSSR count). The zero-order valence-electron chi connectivity index (χ0n) is 23.5. The molecule has 0 spiro atoms. The molecule has 0 aromatic heterocycles. The summed E-state index contributed by atoms with van der Waals surface area (Å²) >= 11 is 0. The summed E-state index contributed by atoms with van der Waals surface area (Å²) in [6.45, 7) is 12.1. The Hall–Kier alpha value is -2.48. The lowest BCUT2D eigenvalue weighted by molar-refractivity contribution is -0.158. The van der Waals surface area contributed by atoms with E-state index in [1.165, 1.54) is 6.92 Å². The fourth-order valence-electron chi connectivity index (χ4n) is 8.67. The van der Waals surface area contributed by atoms with Gasteiger partial charge in [0.05, 0.1) is 11.3 Å². The third kappa shape index (κ3) is 3.51. The summed E-state index contributed by atoms with van der Waals surface area (Å²) in [6.07, 6.45) is -0.983.